The molecule has 0 radical (unpaired) electrons. The molecule has 176 valence electrons. The van der Waals surface area contributed by atoms with Crippen molar-refractivity contribution in [2.45, 2.75) is 32.0 Å². The van der Waals surface area contributed by atoms with Gasteiger partial charge < -0.3 is 20.5 Å². The van der Waals surface area contributed by atoms with E-state index in [0.717, 1.165) is 46.9 Å². The average molecular weight is 497 g/mol. The maximum absolute atomic E-state index is 12.2. The minimum Gasteiger partial charge on any atom is -0.484 e. The minimum atomic E-state index is -0.547. The van der Waals surface area contributed by atoms with E-state index in [2.05, 4.69) is 9.88 Å². The van der Waals surface area contributed by atoms with Crippen molar-refractivity contribution < 1.29 is 14.6 Å². The minimum absolute atomic E-state index is 0.318. The number of fused-ring (bicyclic) bond motifs is 1. The highest BCUT2D eigenvalue weighted by molar-refractivity contribution is 7.17. The molecule has 9 heteroatoms. The molecule has 1 aromatic carbocycles. The van der Waals surface area contributed by atoms with Crippen LogP contribution in [0.2, 0.25) is 5.02 Å². The van der Waals surface area contributed by atoms with Gasteiger partial charge in [0, 0.05) is 35.9 Å². The van der Waals surface area contributed by atoms with Crippen LogP contribution in [0.3, 0.4) is 0 Å². The normalized spacial score (nSPS) is 17.1. The Balaban J connectivity index is 1.50. The van der Waals surface area contributed by atoms with Gasteiger partial charge in [-0.05, 0) is 38.0 Å². The molecule has 2 atom stereocenters. The van der Waals surface area contributed by atoms with Crippen LogP contribution in [0.1, 0.15) is 41.1 Å². The molecule has 34 heavy (non-hydrogen) atoms. The first-order valence-electron chi connectivity index (χ1n) is 11.2. The van der Waals surface area contributed by atoms with Crippen LogP contribution in [0.15, 0.2) is 54.9 Å². The molecule has 0 aliphatic carbocycles. The van der Waals surface area contributed by atoms with Gasteiger partial charge in [0.15, 0.2) is 0 Å². The van der Waals surface area contributed by atoms with Crippen molar-refractivity contribution in [3.63, 3.8) is 0 Å². The molecule has 4 aromatic rings. The second-order valence-corrected chi connectivity index (χ2v) is 9.91. The van der Waals surface area contributed by atoms with Crippen LogP contribution in [-0.2, 0) is 0 Å². The highest BCUT2D eigenvalue weighted by Crippen LogP contribution is 2.39. The SMILES string of the molecule is CC(Oc1cc(-c2cnc3ccc(N4CCCC(O)C4)cn23)sc1C(N)=O)c1ccccc1Cl. The first-order valence-corrected chi connectivity index (χ1v) is 12.4. The van der Waals surface area contributed by atoms with Gasteiger partial charge in [-0.1, -0.05) is 29.8 Å². The van der Waals surface area contributed by atoms with E-state index in [9.17, 15) is 9.90 Å². The Hall–Kier alpha value is -3.07. The molecule has 1 aliphatic heterocycles. The first-order chi connectivity index (χ1) is 16.4. The Morgan fingerprint density at radius 2 is 2.15 bits per heavy atom. The lowest BCUT2D eigenvalue weighted by molar-refractivity contribution is 0.0998. The van der Waals surface area contributed by atoms with Gasteiger partial charge in [0.1, 0.15) is 22.4 Å². The van der Waals surface area contributed by atoms with Crippen molar-refractivity contribution in [3.8, 4) is 16.3 Å². The third-order valence-electron chi connectivity index (χ3n) is 6.07. The Labute approximate surface area is 206 Å². The second kappa shape index (κ2) is 9.29. The number of thiophene rings is 1. The van der Waals surface area contributed by atoms with E-state index in [4.69, 9.17) is 22.1 Å². The summed E-state index contributed by atoms with van der Waals surface area (Å²) in [6.45, 7) is 3.39. The van der Waals surface area contributed by atoms with Crippen LogP contribution in [-0.4, -0.2) is 39.6 Å². The summed E-state index contributed by atoms with van der Waals surface area (Å²) in [4.78, 5) is 20.1. The molecule has 1 aliphatic rings. The zero-order valence-electron chi connectivity index (χ0n) is 18.6. The molecule has 5 rings (SSSR count). The van der Waals surface area contributed by atoms with Crippen molar-refractivity contribution >= 4 is 40.2 Å². The Morgan fingerprint density at radius 1 is 1.32 bits per heavy atom. The van der Waals surface area contributed by atoms with E-state index >= 15 is 0 Å². The highest BCUT2D eigenvalue weighted by Gasteiger charge is 2.22. The Kier molecular flexibility index (Phi) is 6.20. The maximum atomic E-state index is 12.2. The second-order valence-electron chi connectivity index (χ2n) is 8.45. The summed E-state index contributed by atoms with van der Waals surface area (Å²) in [5.41, 5.74) is 9.15. The number of piperidine rings is 1. The Bertz CT molecular complexity index is 1350. The molecular weight excluding hydrogens is 472 g/mol. The van der Waals surface area contributed by atoms with Crippen LogP contribution >= 0.6 is 22.9 Å². The van der Waals surface area contributed by atoms with Crippen LogP contribution in [0.25, 0.3) is 16.2 Å². The number of nitrogens with zero attached hydrogens (tertiary/aromatic N) is 3. The number of benzene rings is 1. The van der Waals surface area contributed by atoms with E-state index in [0.29, 0.717) is 22.2 Å². The zero-order valence-corrected chi connectivity index (χ0v) is 20.2. The van der Waals surface area contributed by atoms with Crippen molar-refractivity contribution in [1.29, 1.82) is 0 Å². The van der Waals surface area contributed by atoms with Gasteiger partial charge in [-0.25, -0.2) is 4.98 Å². The standard InChI is InChI=1S/C25H25ClN4O3S/c1-15(18-6-2-3-7-19(18)26)33-21-11-22(34-24(21)25(27)32)20-12-28-23-9-8-16(13-30(20)23)29-10-4-5-17(31)14-29/h2-3,6-9,11-13,15,17,31H,4-5,10,14H2,1H3,(H2,27,32). The van der Waals surface area contributed by atoms with Crippen molar-refractivity contribution in [2.24, 2.45) is 5.73 Å². The third-order valence-corrected chi connectivity index (χ3v) is 7.57. The monoisotopic (exact) mass is 496 g/mol. The number of ether oxygens (including phenoxy) is 1. The first kappa shape index (κ1) is 22.7. The number of β-amino-alcohol motifs (C(OH)–C–C–N with tert-alkyl or cyclic N) is 1. The van der Waals surface area contributed by atoms with E-state index < -0.39 is 5.91 Å². The molecule has 1 amide bonds. The quantitative estimate of drug-likeness (QED) is 0.395. The van der Waals surface area contributed by atoms with Gasteiger partial charge in [-0.3, -0.25) is 9.20 Å². The number of halogens is 1. The summed E-state index contributed by atoms with van der Waals surface area (Å²) >= 11 is 7.60. The lowest BCUT2D eigenvalue weighted by atomic mass is 10.1. The smallest absolute Gasteiger partial charge is 0.262 e. The number of pyridine rings is 1. The average Bonchev–Trinajstić information content (AvgIpc) is 3.43. The van der Waals surface area contributed by atoms with Crippen LogP contribution < -0.4 is 15.4 Å². The fraction of sp³-hybridized carbons (Fsp3) is 0.280. The predicted octanol–water partition coefficient (Wildman–Crippen LogP) is 4.92. The number of primary amides is 1. The molecule has 4 heterocycles. The lowest BCUT2D eigenvalue weighted by Crippen LogP contribution is -2.38. The number of amides is 1. The topological polar surface area (TPSA) is 93.1 Å². The van der Waals surface area contributed by atoms with E-state index in [1.807, 2.05) is 60.0 Å². The largest absolute Gasteiger partial charge is 0.484 e. The number of hydrogen-bond donors (Lipinski definition) is 2. The number of carbonyl (C=O) groups is 1. The van der Waals surface area contributed by atoms with Crippen molar-refractivity contribution in [1.82, 2.24) is 9.38 Å². The number of aromatic nitrogens is 2. The van der Waals surface area contributed by atoms with Crippen molar-refractivity contribution in [3.05, 3.63) is 70.3 Å². The molecule has 2 unspecified atom stereocenters. The molecular formula is C25H25ClN4O3S. The number of carbonyl (C=O) groups excluding carboxylic acids is 1. The maximum Gasteiger partial charge on any atom is 0.262 e. The summed E-state index contributed by atoms with van der Waals surface area (Å²) in [5.74, 6) is -0.125. The molecule has 0 spiro atoms. The Morgan fingerprint density at radius 3 is 2.91 bits per heavy atom. The van der Waals surface area contributed by atoms with E-state index in [-0.39, 0.29) is 12.2 Å². The molecule has 3 N–H and O–H groups in total. The van der Waals surface area contributed by atoms with Gasteiger partial charge in [0.25, 0.3) is 5.91 Å². The van der Waals surface area contributed by atoms with Gasteiger partial charge >= 0.3 is 0 Å². The summed E-state index contributed by atoms with van der Waals surface area (Å²) < 4.78 is 8.15. The van der Waals surface area contributed by atoms with Gasteiger partial charge in [0.2, 0.25) is 0 Å². The molecule has 0 saturated carbocycles. The van der Waals surface area contributed by atoms with Crippen LogP contribution in [0, 0.1) is 0 Å². The number of aliphatic hydroxyl groups is 1. The molecule has 7 nitrogen and oxygen atoms in total. The molecule has 1 fully saturated rings. The molecule has 3 aromatic heterocycles. The lowest BCUT2D eigenvalue weighted by Gasteiger charge is -2.31. The van der Waals surface area contributed by atoms with Crippen molar-refractivity contribution in [2.75, 3.05) is 18.0 Å². The van der Waals surface area contributed by atoms with Gasteiger partial charge in [-0.2, -0.15) is 0 Å². The zero-order chi connectivity index (χ0) is 23.8. The summed E-state index contributed by atoms with van der Waals surface area (Å²) in [7, 11) is 0. The number of rotatable bonds is 6. The fourth-order valence-electron chi connectivity index (χ4n) is 4.35. The summed E-state index contributed by atoms with van der Waals surface area (Å²) in [6, 6.07) is 13.3. The van der Waals surface area contributed by atoms with E-state index in [1.54, 1.807) is 6.20 Å². The summed E-state index contributed by atoms with van der Waals surface area (Å²) in [5, 5.41) is 10.7. The van der Waals surface area contributed by atoms with E-state index in [1.165, 1.54) is 11.3 Å². The summed E-state index contributed by atoms with van der Waals surface area (Å²) in [6.07, 6.45) is 4.90. The van der Waals surface area contributed by atoms with Crippen LogP contribution in [0.4, 0.5) is 5.69 Å². The third kappa shape index (κ3) is 4.36. The van der Waals surface area contributed by atoms with Gasteiger partial charge in [-0.15, -0.1) is 11.3 Å². The fourth-order valence-corrected chi connectivity index (χ4v) is 5.59. The molecule has 1 saturated heterocycles. The number of anilines is 1. The van der Waals surface area contributed by atoms with Crippen LogP contribution in [0.5, 0.6) is 5.75 Å². The number of hydrogen-bond acceptors (Lipinski definition) is 6. The predicted molar refractivity (Wildman–Crippen MR) is 135 cm³/mol. The number of imidazole rings is 1. The molecule has 0 bridgehead atoms. The van der Waals surface area contributed by atoms with Gasteiger partial charge in [0.05, 0.1) is 28.6 Å². The number of nitrogens with two attached hydrogens (primary N) is 1. The highest BCUT2D eigenvalue weighted by atomic mass is 35.5. The number of aliphatic hydroxyl groups excluding tert-OH is 1.